The van der Waals surface area contributed by atoms with Gasteiger partial charge < -0.3 is 44.5 Å². The fourth-order valence-electron chi connectivity index (χ4n) is 7.81. The first-order valence-electron chi connectivity index (χ1n) is 17.8. The summed E-state index contributed by atoms with van der Waals surface area (Å²) in [7, 11) is 3.31. The Bertz CT molecular complexity index is 2060. The number of methoxy groups -OCH3 is 1. The van der Waals surface area contributed by atoms with Crippen LogP contribution in [-0.2, 0) is 30.4 Å². The summed E-state index contributed by atoms with van der Waals surface area (Å²) < 4.78 is 25.2. The standard InChI is InChI=1S/C41H46N2O9/c1-42-22-50-38-18-32-33-15-26(13-23-5-8-34-24(12-23)9-10-43-34)31-17-28(47)6-7-30(31)39(33)36(51-29(20-45)21-46)19-35(32)52-41(38)27-14-25(4-3-11-44)40(48)37(16-27)49-2/h5-9,12,14,16-17,19,26,29,38,41-42,44-48H,3-4,10-11,13,15,18,20-22H2,1-2H3/t26-,38+,41+/m0/s1. The number of phenolic OH excluding ortho intramolecular Hbond substituents is 2. The molecule has 3 aliphatic rings. The van der Waals surface area contributed by atoms with Crippen molar-refractivity contribution < 1.29 is 44.5 Å². The van der Waals surface area contributed by atoms with E-state index in [-0.39, 0.29) is 44.0 Å². The smallest absolute Gasteiger partial charge is 0.161 e. The maximum Gasteiger partial charge on any atom is 0.161 e. The maximum absolute atomic E-state index is 10.9. The number of hydrogen-bond acceptors (Lipinski definition) is 11. The van der Waals surface area contributed by atoms with Crippen molar-refractivity contribution in [2.75, 3.05) is 47.3 Å². The average Bonchev–Trinajstić information content (AvgIpc) is 3.63. The van der Waals surface area contributed by atoms with Crippen LogP contribution in [0.25, 0.3) is 17.2 Å². The summed E-state index contributed by atoms with van der Waals surface area (Å²) in [6.45, 7) is 0.165. The number of fused-ring (bicyclic) bond motifs is 6. The molecule has 7 rings (SSSR count). The predicted molar refractivity (Wildman–Crippen MR) is 195 cm³/mol. The Morgan fingerprint density at radius 1 is 0.962 bits per heavy atom. The van der Waals surface area contributed by atoms with Crippen LogP contribution in [0.4, 0.5) is 0 Å². The second kappa shape index (κ2) is 15.5. The molecular weight excluding hydrogens is 664 g/mol. The fraction of sp³-hybridized carbons (Fsp3) is 0.390. The van der Waals surface area contributed by atoms with Crippen LogP contribution in [0.3, 0.4) is 0 Å². The molecule has 4 aromatic carbocycles. The van der Waals surface area contributed by atoms with Gasteiger partial charge in [0.15, 0.2) is 17.6 Å². The van der Waals surface area contributed by atoms with Crippen molar-refractivity contribution in [1.82, 2.24) is 5.32 Å². The molecule has 6 N–H and O–H groups in total. The summed E-state index contributed by atoms with van der Waals surface area (Å²) in [5.74, 6) is 1.56. The zero-order valence-electron chi connectivity index (χ0n) is 29.5. The summed E-state index contributed by atoms with van der Waals surface area (Å²) in [6, 6.07) is 17.3. The Morgan fingerprint density at radius 2 is 1.81 bits per heavy atom. The number of aromatic hydroxyl groups is 2. The summed E-state index contributed by atoms with van der Waals surface area (Å²) in [5, 5.41) is 56.5. The molecule has 0 amide bonds. The van der Waals surface area contributed by atoms with Gasteiger partial charge >= 0.3 is 0 Å². The van der Waals surface area contributed by atoms with Crippen LogP contribution in [0.2, 0.25) is 0 Å². The number of hydrogen-bond donors (Lipinski definition) is 6. The lowest BCUT2D eigenvalue weighted by molar-refractivity contribution is -0.0430. The number of aliphatic hydroxyl groups is 3. The molecule has 2 aliphatic heterocycles. The molecule has 2 heterocycles. The number of rotatable bonds is 14. The molecule has 4 aromatic rings. The molecule has 0 radical (unpaired) electrons. The number of nitrogens with zero attached hydrogens (tertiary/aromatic N) is 1. The van der Waals surface area contributed by atoms with E-state index in [2.05, 4.69) is 34.6 Å². The molecule has 0 saturated heterocycles. The highest BCUT2D eigenvalue weighted by molar-refractivity contribution is 5.83. The molecule has 3 atom stereocenters. The van der Waals surface area contributed by atoms with Gasteiger partial charge in [-0.1, -0.05) is 18.2 Å². The number of phenols is 2. The summed E-state index contributed by atoms with van der Waals surface area (Å²) in [5.41, 5.74) is 7.28. The van der Waals surface area contributed by atoms with E-state index in [0.29, 0.717) is 55.0 Å². The topological polar surface area (TPSA) is 162 Å². The zero-order valence-corrected chi connectivity index (χ0v) is 29.5. The predicted octanol–water partition coefficient (Wildman–Crippen LogP) is 2.96. The number of ether oxygens (including phenoxy) is 4. The van der Waals surface area contributed by atoms with Gasteiger partial charge in [0.2, 0.25) is 0 Å². The summed E-state index contributed by atoms with van der Waals surface area (Å²) >= 11 is 0. The number of aliphatic hydroxyl groups excluding tert-OH is 3. The first-order valence-corrected chi connectivity index (χ1v) is 17.8. The molecule has 0 spiro atoms. The number of nitrogens with one attached hydrogen (secondary N) is 1. The minimum atomic E-state index is -0.866. The minimum absolute atomic E-state index is 0.00154. The van der Waals surface area contributed by atoms with Gasteiger partial charge in [0, 0.05) is 30.2 Å². The maximum atomic E-state index is 10.9. The van der Waals surface area contributed by atoms with Crippen LogP contribution < -0.4 is 30.1 Å². The van der Waals surface area contributed by atoms with Crippen molar-refractivity contribution in [1.29, 1.82) is 0 Å². The first-order chi connectivity index (χ1) is 25.3. The Labute approximate surface area is 302 Å². The van der Waals surface area contributed by atoms with Gasteiger partial charge in [-0.2, -0.15) is 0 Å². The van der Waals surface area contributed by atoms with Crippen molar-refractivity contribution >= 4 is 6.08 Å². The fourth-order valence-corrected chi connectivity index (χ4v) is 7.81. The largest absolute Gasteiger partial charge is 0.508 e. The van der Waals surface area contributed by atoms with Crippen LogP contribution in [0, 0.1) is 0 Å². The molecule has 0 aromatic heterocycles. The van der Waals surface area contributed by atoms with E-state index in [0.717, 1.165) is 50.4 Å². The summed E-state index contributed by atoms with van der Waals surface area (Å²) in [6.07, 6.45) is 2.98. The van der Waals surface area contributed by atoms with Crippen molar-refractivity contribution in [3.63, 3.8) is 0 Å². The molecule has 1 aliphatic carbocycles. The van der Waals surface area contributed by atoms with E-state index in [4.69, 9.17) is 18.9 Å². The highest BCUT2D eigenvalue weighted by Gasteiger charge is 2.39. The molecule has 0 bridgehead atoms. The van der Waals surface area contributed by atoms with E-state index in [1.807, 2.05) is 31.3 Å². The molecular formula is C41H46N2O9. The van der Waals surface area contributed by atoms with E-state index >= 15 is 0 Å². The number of benzene rings is 4. The average molecular weight is 711 g/mol. The Balaban J connectivity index is 1.37. The Kier molecular flexibility index (Phi) is 10.7. The molecule has 0 saturated carbocycles. The van der Waals surface area contributed by atoms with E-state index < -0.39 is 18.3 Å². The second-order valence-corrected chi connectivity index (χ2v) is 13.6. The van der Waals surface area contributed by atoms with E-state index in [1.54, 1.807) is 12.1 Å². The molecule has 0 fully saturated rings. The highest BCUT2D eigenvalue weighted by atomic mass is 16.6. The third kappa shape index (κ3) is 6.94. The lowest BCUT2D eigenvalue weighted by Gasteiger charge is -2.38. The SMILES string of the molecule is CNCO[C@@H]1Cc2c(cc(OC(CO)CO)c3c2C[C@H](Cc2ccc4c(c2)=CCN=4)c2cc(O)ccc2-3)O[C@@H]1c1cc(CCCO)c(O)c(OC)c1. The van der Waals surface area contributed by atoms with Crippen LogP contribution in [0.5, 0.6) is 28.7 Å². The first kappa shape index (κ1) is 35.7. The van der Waals surface area contributed by atoms with Crippen molar-refractivity contribution in [3.8, 4) is 39.9 Å². The van der Waals surface area contributed by atoms with Gasteiger partial charge in [0.1, 0.15) is 29.5 Å². The Hall–Kier alpha value is -4.65. The van der Waals surface area contributed by atoms with Gasteiger partial charge in [0.25, 0.3) is 0 Å². The third-order valence-electron chi connectivity index (χ3n) is 10.3. The third-order valence-corrected chi connectivity index (χ3v) is 10.3. The molecule has 52 heavy (non-hydrogen) atoms. The monoisotopic (exact) mass is 710 g/mol. The van der Waals surface area contributed by atoms with E-state index in [1.165, 1.54) is 12.7 Å². The quantitative estimate of drug-likeness (QED) is 0.107. The lowest BCUT2D eigenvalue weighted by Crippen LogP contribution is -2.36. The van der Waals surface area contributed by atoms with Crippen molar-refractivity contribution in [3.05, 3.63) is 98.6 Å². The normalized spacial score (nSPS) is 18.4. The lowest BCUT2D eigenvalue weighted by atomic mass is 9.73. The van der Waals surface area contributed by atoms with Gasteiger partial charge in [0.05, 0.1) is 39.0 Å². The summed E-state index contributed by atoms with van der Waals surface area (Å²) in [4.78, 5) is 4.55. The van der Waals surface area contributed by atoms with Crippen LogP contribution in [-0.4, -0.2) is 85.0 Å². The molecule has 11 heteroatoms. The van der Waals surface area contributed by atoms with Gasteiger partial charge in [-0.3, -0.25) is 10.3 Å². The second-order valence-electron chi connectivity index (χ2n) is 13.6. The van der Waals surface area contributed by atoms with Crippen molar-refractivity contribution in [2.45, 2.75) is 56.3 Å². The number of aryl methyl sites for hydroxylation is 1. The zero-order chi connectivity index (χ0) is 36.4. The van der Waals surface area contributed by atoms with Crippen molar-refractivity contribution in [2.24, 2.45) is 4.99 Å². The van der Waals surface area contributed by atoms with E-state index in [9.17, 15) is 25.5 Å². The highest BCUT2D eigenvalue weighted by Crippen LogP contribution is 2.53. The van der Waals surface area contributed by atoms with Crippen LogP contribution in [0.15, 0.2) is 59.6 Å². The van der Waals surface area contributed by atoms with Gasteiger partial charge in [-0.15, -0.1) is 0 Å². The van der Waals surface area contributed by atoms with Crippen LogP contribution in [0.1, 0.15) is 51.8 Å². The van der Waals surface area contributed by atoms with Gasteiger partial charge in [-0.05, 0) is 114 Å². The molecule has 11 nitrogen and oxygen atoms in total. The minimum Gasteiger partial charge on any atom is -0.508 e. The van der Waals surface area contributed by atoms with Gasteiger partial charge in [-0.25, -0.2) is 0 Å². The molecule has 274 valence electrons. The van der Waals surface area contributed by atoms with Crippen LogP contribution >= 0.6 is 0 Å². The Morgan fingerprint density at radius 3 is 2.58 bits per heavy atom. The molecule has 0 unspecified atom stereocenters.